The van der Waals surface area contributed by atoms with Gasteiger partial charge in [-0.15, -0.1) is 0 Å². The number of hydrogen-bond donors (Lipinski definition) is 1. The third kappa shape index (κ3) is 2.34. The molecule has 0 saturated carbocycles. The van der Waals surface area contributed by atoms with E-state index in [4.69, 9.17) is 10.5 Å². The van der Waals surface area contributed by atoms with Crippen LogP contribution in [-0.2, 0) is 11.2 Å². The summed E-state index contributed by atoms with van der Waals surface area (Å²) in [5, 5.41) is 0. The normalized spacial score (nSPS) is 27.5. The Morgan fingerprint density at radius 3 is 2.79 bits per heavy atom. The molecule has 0 amide bonds. The van der Waals surface area contributed by atoms with Gasteiger partial charge in [0.1, 0.15) is 0 Å². The number of rotatable bonds is 2. The van der Waals surface area contributed by atoms with Crippen molar-refractivity contribution in [1.29, 1.82) is 0 Å². The molecule has 0 bridgehead atoms. The molecular weight excluding hydrogens is 174 g/mol. The van der Waals surface area contributed by atoms with Crippen molar-refractivity contribution in [3.8, 4) is 0 Å². The van der Waals surface area contributed by atoms with E-state index in [1.165, 1.54) is 5.56 Å². The Balaban J connectivity index is 1.96. The van der Waals surface area contributed by atoms with Crippen LogP contribution in [0.1, 0.15) is 18.4 Å². The molecule has 0 spiro atoms. The first-order valence-electron chi connectivity index (χ1n) is 5.27. The largest absolute Gasteiger partial charge is 0.376 e. The molecule has 2 rings (SSSR count). The van der Waals surface area contributed by atoms with E-state index in [1.54, 1.807) is 0 Å². The fourth-order valence-corrected chi connectivity index (χ4v) is 1.92. The highest BCUT2D eigenvalue weighted by Gasteiger charge is 2.22. The van der Waals surface area contributed by atoms with Crippen molar-refractivity contribution in [1.82, 2.24) is 0 Å². The van der Waals surface area contributed by atoms with E-state index in [0.29, 0.717) is 0 Å². The highest BCUT2D eigenvalue weighted by atomic mass is 16.5. The van der Waals surface area contributed by atoms with Crippen molar-refractivity contribution in [3.05, 3.63) is 35.9 Å². The first kappa shape index (κ1) is 9.69. The predicted molar refractivity (Wildman–Crippen MR) is 57.1 cm³/mol. The van der Waals surface area contributed by atoms with E-state index in [0.717, 1.165) is 25.9 Å². The minimum Gasteiger partial charge on any atom is -0.376 e. The maximum absolute atomic E-state index is 6.00. The quantitative estimate of drug-likeness (QED) is 0.772. The van der Waals surface area contributed by atoms with Crippen molar-refractivity contribution in [2.24, 2.45) is 5.73 Å². The maximum Gasteiger partial charge on any atom is 0.0766 e. The van der Waals surface area contributed by atoms with E-state index in [2.05, 4.69) is 24.3 Å². The van der Waals surface area contributed by atoms with Crippen LogP contribution in [0.3, 0.4) is 0 Å². The molecular formula is C12H17NO. The van der Waals surface area contributed by atoms with Crippen LogP contribution < -0.4 is 5.73 Å². The molecule has 0 aromatic heterocycles. The second-order valence-corrected chi connectivity index (χ2v) is 3.91. The molecule has 2 unspecified atom stereocenters. The molecule has 14 heavy (non-hydrogen) atoms. The fraction of sp³-hybridized carbons (Fsp3) is 0.500. The van der Waals surface area contributed by atoms with Crippen LogP contribution in [0.25, 0.3) is 0 Å². The Hall–Kier alpha value is -0.860. The summed E-state index contributed by atoms with van der Waals surface area (Å²) in [6.45, 7) is 0.866. The lowest BCUT2D eigenvalue weighted by atomic mass is 9.97. The van der Waals surface area contributed by atoms with Crippen LogP contribution >= 0.6 is 0 Å². The van der Waals surface area contributed by atoms with Gasteiger partial charge in [0, 0.05) is 19.1 Å². The van der Waals surface area contributed by atoms with Crippen molar-refractivity contribution in [2.75, 3.05) is 6.61 Å². The molecule has 76 valence electrons. The molecule has 1 saturated heterocycles. The van der Waals surface area contributed by atoms with Crippen molar-refractivity contribution in [2.45, 2.75) is 31.4 Å². The molecule has 1 aliphatic heterocycles. The van der Waals surface area contributed by atoms with Gasteiger partial charge in [0.15, 0.2) is 0 Å². The zero-order chi connectivity index (χ0) is 9.80. The van der Waals surface area contributed by atoms with Gasteiger partial charge in [-0.1, -0.05) is 30.3 Å². The van der Waals surface area contributed by atoms with E-state index in [1.807, 2.05) is 6.07 Å². The number of hydrogen-bond acceptors (Lipinski definition) is 2. The van der Waals surface area contributed by atoms with Gasteiger partial charge in [0.25, 0.3) is 0 Å². The lowest BCUT2D eigenvalue weighted by Gasteiger charge is -2.29. The van der Waals surface area contributed by atoms with Crippen molar-refractivity contribution < 1.29 is 4.74 Å². The van der Waals surface area contributed by atoms with E-state index < -0.39 is 0 Å². The van der Waals surface area contributed by atoms with Gasteiger partial charge in [-0.3, -0.25) is 0 Å². The van der Waals surface area contributed by atoms with Crippen molar-refractivity contribution in [3.63, 3.8) is 0 Å². The van der Waals surface area contributed by atoms with Crippen LogP contribution in [0.2, 0.25) is 0 Å². The van der Waals surface area contributed by atoms with Gasteiger partial charge in [-0.05, 0) is 18.4 Å². The zero-order valence-corrected chi connectivity index (χ0v) is 8.36. The minimum atomic E-state index is 0.212. The monoisotopic (exact) mass is 191 g/mol. The summed E-state index contributed by atoms with van der Waals surface area (Å²) in [5.41, 5.74) is 7.32. The highest BCUT2D eigenvalue weighted by molar-refractivity contribution is 5.16. The van der Waals surface area contributed by atoms with Gasteiger partial charge in [-0.2, -0.15) is 0 Å². The molecule has 1 aromatic carbocycles. The van der Waals surface area contributed by atoms with Crippen LogP contribution in [-0.4, -0.2) is 18.8 Å². The van der Waals surface area contributed by atoms with Crippen LogP contribution in [0.5, 0.6) is 0 Å². The Kier molecular flexibility index (Phi) is 3.17. The topological polar surface area (TPSA) is 35.2 Å². The number of nitrogens with two attached hydrogens (primary N) is 1. The summed E-state index contributed by atoms with van der Waals surface area (Å²) in [5.74, 6) is 0. The first-order chi connectivity index (χ1) is 6.86. The SMILES string of the molecule is NC1CCCOC1Cc1ccccc1. The molecule has 1 fully saturated rings. The van der Waals surface area contributed by atoms with Gasteiger partial charge < -0.3 is 10.5 Å². The van der Waals surface area contributed by atoms with Gasteiger partial charge in [-0.25, -0.2) is 0 Å². The second kappa shape index (κ2) is 4.58. The Labute approximate surface area is 85.1 Å². The summed E-state index contributed by atoms with van der Waals surface area (Å²) >= 11 is 0. The molecule has 2 N–H and O–H groups in total. The van der Waals surface area contributed by atoms with E-state index >= 15 is 0 Å². The molecule has 0 aliphatic carbocycles. The summed E-state index contributed by atoms with van der Waals surface area (Å²) in [4.78, 5) is 0. The molecule has 0 radical (unpaired) electrons. The average molecular weight is 191 g/mol. The molecule has 1 aromatic rings. The lowest BCUT2D eigenvalue weighted by molar-refractivity contribution is 0.00230. The van der Waals surface area contributed by atoms with Crippen LogP contribution in [0, 0.1) is 0 Å². The predicted octanol–water partition coefficient (Wildman–Crippen LogP) is 1.74. The molecule has 2 heteroatoms. The van der Waals surface area contributed by atoms with E-state index in [-0.39, 0.29) is 12.1 Å². The molecule has 1 aliphatic rings. The van der Waals surface area contributed by atoms with Gasteiger partial charge >= 0.3 is 0 Å². The summed E-state index contributed by atoms with van der Waals surface area (Å²) in [6, 6.07) is 10.6. The van der Waals surface area contributed by atoms with Crippen LogP contribution in [0.4, 0.5) is 0 Å². The Morgan fingerprint density at radius 1 is 1.29 bits per heavy atom. The first-order valence-corrected chi connectivity index (χ1v) is 5.27. The highest BCUT2D eigenvalue weighted by Crippen LogP contribution is 2.16. The standard InChI is InChI=1S/C12H17NO/c13-11-7-4-8-14-12(11)9-10-5-2-1-3-6-10/h1-3,5-6,11-12H,4,7-9,13H2. The smallest absolute Gasteiger partial charge is 0.0766 e. The minimum absolute atomic E-state index is 0.212. The second-order valence-electron chi connectivity index (χ2n) is 3.91. The zero-order valence-electron chi connectivity index (χ0n) is 8.36. The summed E-state index contributed by atoms with van der Waals surface area (Å²) < 4.78 is 5.67. The summed E-state index contributed by atoms with van der Waals surface area (Å²) in [7, 11) is 0. The molecule has 2 nitrogen and oxygen atoms in total. The molecule has 1 heterocycles. The molecule has 2 atom stereocenters. The third-order valence-corrected chi connectivity index (χ3v) is 2.77. The van der Waals surface area contributed by atoms with Gasteiger partial charge in [0.2, 0.25) is 0 Å². The number of benzene rings is 1. The van der Waals surface area contributed by atoms with Crippen molar-refractivity contribution >= 4 is 0 Å². The summed E-state index contributed by atoms with van der Waals surface area (Å²) in [6.07, 6.45) is 3.36. The Bertz CT molecular complexity index is 273. The fourth-order valence-electron chi connectivity index (χ4n) is 1.92. The van der Waals surface area contributed by atoms with Gasteiger partial charge in [0.05, 0.1) is 6.10 Å². The lowest BCUT2D eigenvalue weighted by Crippen LogP contribution is -2.41. The Morgan fingerprint density at radius 2 is 2.07 bits per heavy atom. The number of ether oxygens (including phenoxy) is 1. The van der Waals surface area contributed by atoms with Crippen LogP contribution in [0.15, 0.2) is 30.3 Å². The van der Waals surface area contributed by atoms with E-state index in [9.17, 15) is 0 Å². The maximum atomic E-state index is 6.00. The third-order valence-electron chi connectivity index (χ3n) is 2.77. The average Bonchev–Trinajstić information content (AvgIpc) is 2.23.